The summed E-state index contributed by atoms with van der Waals surface area (Å²) in [5.41, 5.74) is 0. The number of hydrogen-bond acceptors (Lipinski definition) is 12. The van der Waals surface area contributed by atoms with E-state index in [1.165, 1.54) is 24.3 Å². The third-order valence-corrected chi connectivity index (χ3v) is 2.19. The highest BCUT2D eigenvalue weighted by Gasteiger charge is 2.18. The fourth-order valence-electron chi connectivity index (χ4n) is 1.08. The van der Waals surface area contributed by atoms with Gasteiger partial charge in [0.25, 0.3) is 0 Å². The summed E-state index contributed by atoms with van der Waals surface area (Å²) < 4.78 is 7.42. The molecule has 0 bridgehead atoms. The molecular formula is C12H20B4O12. The van der Waals surface area contributed by atoms with E-state index in [4.69, 9.17) is 50.6 Å². The van der Waals surface area contributed by atoms with Crippen LogP contribution in [0.4, 0.5) is 0 Å². The molecule has 0 spiro atoms. The van der Waals surface area contributed by atoms with Crippen LogP contribution in [-0.4, -0.2) is 80.6 Å². The standard InChI is InChI=1S/2C6H6O2.B2H4O5.B2H4O3/c2*7-5-3-1-2-4-6(5)8;3-1(4)7-2(5)6;3-1-5-2-4/h2*1-4,7-8H;3-6H;1-4H. The first-order valence-corrected chi connectivity index (χ1v) is 7.26. The maximum absolute atomic E-state index is 8.67. The van der Waals surface area contributed by atoms with Gasteiger partial charge in [0.1, 0.15) is 0 Å². The molecule has 2 aromatic carbocycles. The lowest BCUT2D eigenvalue weighted by Crippen LogP contribution is -2.28. The van der Waals surface area contributed by atoms with E-state index in [2.05, 4.69) is 9.14 Å². The summed E-state index contributed by atoms with van der Waals surface area (Å²) >= 11 is 0. The number of rotatable bonds is 4. The second kappa shape index (κ2) is 18.0. The molecule has 0 saturated carbocycles. The molecule has 0 fully saturated rings. The lowest BCUT2D eigenvalue weighted by atomic mass is 10.1. The maximum atomic E-state index is 8.67. The Morgan fingerprint density at radius 3 is 0.893 bits per heavy atom. The molecule has 12 nitrogen and oxygen atoms in total. The fraction of sp³-hybridized carbons (Fsp3) is 0. The minimum atomic E-state index is -2.13. The molecule has 10 N–H and O–H groups in total. The van der Waals surface area contributed by atoms with Crippen LogP contribution in [0, 0.1) is 0 Å². The van der Waals surface area contributed by atoms with Crippen molar-refractivity contribution in [3.63, 3.8) is 0 Å². The zero-order chi connectivity index (χ0) is 21.9. The van der Waals surface area contributed by atoms with Crippen molar-refractivity contribution in [2.75, 3.05) is 0 Å². The van der Waals surface area contributed by atoms with Crippen molar-refractivity contribution in [1.29, 1.82) is 0 Å². The van der Waals surface area contributed by atoms with Gasteiger partial charge in [-0.3, -0.25) is 0 Å². The Kier molecular flexibility index (Phi) is 17.8. The van der Waals surface area contributed by atoms with Crippen LogP contribution in [0.15, 0.2) is 48.5 Å². The molecule has 28 heavy (non-hydrogen) atoms. The Hall–Kier alpha value is -2.42. The van der Waals surface area contributed by atoms with Crippen molar-refractivity contribution in [1.82, 2.24) is 0 Å². The van der Waals surface area contributed by atoms with Gasteiger partial charge in [0.2, 0.25) is 0 Å². The number of aromatic hydroxyl groups is 4. The SMILES string of the molecule is OB(O)OB(O)O.OBOBO.Oc1ccccc1O.Oc1ccccc1O. The average Bonchev–Trinajstić information content (AvgIpc) is 2.61. The first kappa shape index (κ1) is 27.8. The van der Waals surface area contributed by atoms with Gasteiger partial charge in [0.05, 0.1) is 0 Å². The summed E-state index contributed by atoms with van der Waals surface area (Å²) in [6.07, 6.45) is 0. The Balaban J connectivity index is 0. The molecule has 152 valence electrons. The van der Waals surface area contributed by atoms with Crippen LogP contribution in [0.2, 0.25) is 0 Å². The minimum absolute atomic E-state index is 0.0764. The third-order valence-electron chi connectivity index (χ3n) is 2.19. The zero-order valence-corrected chi connectivity index (χ0v) is 14.5. The van der Waals surface area contributed by atoms with Gasteiger partial charge in [-0.2, -0.15) is 0 Å². The quantitative estimate of drug-likeness (QED) is 0.180. The second-order valence-electron chi connectivity index (χ2n) is 4.23. The highest BCUT2D eigenvalue weighted by atomic mass is 16.7. The summed E-state index contributed by atoms with van der Waals surface area (Å²) in [7, 11) is -5.06. The molecule has 0 aliphatic carbocycles. The summed E-state index contributed by atoms with van der Waals surface area (Å²) in [5, 5.41) is 81.0. The van der Waals surface area contributed by atoms with E-state index in [1.54, 1.807) is 24.3 Å². The Morgan fingerprint density at radius 2 is 0.821 bits per heavy atom. The van der Waals surface area contributed by atoms with Gasteiger partial charge in [0, 0.05) is 0 Å². The monoisotopic (exact) mass is 400 g/mol. The number of hydrogen-bond donors (Lipinski definition) is 10. The normalized spacial score (nSPS) is 8.50. The molecule has 0 atom stereocenters. The van der Waals surface area contributed by atoms with Crippen LogP contribution in [0.5, 0.6) is 23.0 Å². The molecule has 0 aliphatic heterocycles. The lowest BCUT2D eigenvalue weighted by molar-refractivity contribution is 0.213. The number of benzene rings is 2. The van der Waals surface area contributed by atoms with E-state index in [9.17, 15) is 0 Å². The van der Waals surface area contributed by atoms with Crippen LogP contribution in [0.1, 0.15) is 0 Å². The lowest BCUT2D eigenvalue weighted by Gasteiger charge is -1.95. The van der Waals surface area contributed by atoms with Gasteiger partial charge in [-0.25, -0.2) is 0 Å². The van der Waals surface area contributed by atoms with Gasteiger partial charge in [-0.1, -0.05) is 24.3 Å². The highest BCUT2D eigenvalue weighted by molar-refractivity contribution is 6.48. The van der Waals surface area contributed by atoms with E-state index in [1.807, 2.05) is 0 Å². The first-order chi connectivity index (χ1) is 13.1. The average molecular weight is 400 g/mol. The molecule has 0 aliphatic rings. The Bertz CT molecular complexity index is 525. The summed E-state index contributed by atoms with van der Waals surface area (Å²) in [6.45, 7) is 0. The number of phenols is 4. The molecule has 0 saturated heterocycles. The third kappa shape index (κ3) is 18.4. The summed E-state index contributed by atoms with van der Waals surface area (Å²) in [6, 6.07) is 12.3. The molecule has 0 amide bonds. The summed E-state index contributed by atoms with van der Waals surface area (Å²) in [4.78, 5) is 0. The van der Waals surface area contributed by atoms with E-state index < -0.39 is 30.0 Å². The molecule has 2 aromatic rings. The highest BCUT2D eigenvalue weighted by Crippen LogP contribution is 2.21. The van der Waals surface area contributed by atoms with Crippen molar-refractivity contribution in [3.8, 4) is 23.0 Å². The molecule has 2 rings (SSSR count). The van der Waals surface area contributed by atoms with E-state index in [0.717, 1.165) is 0 Å². The fourth-order valence-corrected chi connectivity index (χ4v) is 1.08. The molecule has 0 heterocycles. The summed E-state index contributed by atoms with van der Waals surface area (Å²) in [5.74, 6) is -0.306. The molecule has 0 radical (unpaired) electrons. The largest absolute Gasteiger partial charge is 0.621 e. The van der Waals surface area contributed by atoms with Crippen LogP contribution < -0.4 is 0 Å². The Labute approximate surface area is 162 Å². The van der Waals surface area contributed by atoms with Crippen LogP contribution in [0.25, 0.3) is 0 Å². The van der Waals surface area contributed by atoms with Gasteiger partial charge in [-0.05, 0) is 24.3 Å². The predicted octanol–water partition coefficient (Wildman–Crippen LogP) is -3.34. The number of para-hydroxylation sites is 4. The van der Waals surface area contributed by atoms with Crippen molar-refractivity contribution in [2.24, 2.45) is 0 Å². The Morgan fingerprint density at radius 1 is 0.571 bits per heavy atom. The van der Waals surface area contributed by atoms with Crippen molar-refractivity contribution in [2.45, 2.75) is 0 Å². The maximum Gasteiger partial charge on any atom is 0.621 e. The van der Waals surface area contributed by atoms with Gasteiger partial charge in [-0.15, -0.1) is 0 Å². The van der Waals surface area contributed by atoms with E-state index >= 15 is 0 Å². The van der Waals surface area contributed by atoms with Crippen molar-refractivity contribution >= 4 is 30.0 Å². The molecule has 16 heteroatoms. The molecule has 0 aromatic heterocycles. The van der Waals surface area contributed by atoms with Crippen LogP contribution in [-0.2, 0) is 9.14 Å². The van der Waals surface area contributed by atoms with Gasteiger partial charge in [0.15, 0.2) is 23.0 Å². The topological polar surface area (TPSA) is 221 Å². The first-order valence-electron chi connectivity index (χ1n) is 7.26. The van der Waals surface area contributed by atoms with Crippen LogP contribution in [0.3, 0.4) is 0 Å². The minimum Gasteiger partial charge on any atom is -0.504 e. The van der Waals surface area contributed by atoms with E-state index in [0.29, 0.717) is 0 Å². The smallest absolute Gasteiger partial charge is 0.504 e. The van der Waals surface area contributed by atoms with Gasteiger partial charge >= 0.3 is 30.0 Å². The van der Waals surface area contributed by atoms with Crippen LogP contribution >= 0.6 is 0 Å². The van der Waals surface area contributed by atoms with E-state index in [-0.39, 0.29) is 23.0 Å². The molecule has 0 unspecified atom stereocenters. The van der Waals surface area contributed by atoms with Crippen molar-refractivity contribution < 1.29 is 59.7 Å². The van der Waals surface area contributed by atoms with Crippen molar-refractivity contribution in [3.05, 3.63) is 48.5 Å². The molecular weight excluding hydrogens is 379 g/mol. The number of phenolic OH excluding ortho intramolecular Hbond substituents is 4. The predicted molar refractivity (Wildman–Crippen MR) is 101 cm³/mol. The van der Waals surface area contributed by atoms with Gasteiger partial charge < -0.3 is 59.7 Å². The second-order valence-corrected chi connectivity index (χ2v) is 4.23. The zero-order valence-electron chi connectivity index (χ0n) is 14.5.